The van der Waals surface area contributed by atoms with Crippen LogP contribution in [-0.2, 0) is 9.59 Å². The zero-order valence-corrected chi connectivity index (χ0v) is 17.0. The SMILES string of the molecule is O=C(NC1CCCCC1)[C@H](c1cccs1)N(C(=O)C(F)(F)F)c1ccc(Cl)cc1. The molecule has 0 bridgehead atoms. The van der Waals surface area contributed by atoms with E-state index in [0.29, 0.717) is 14.8 Å². The summed E-state index contributed by atoms with van der Waals surface area (Å²) < 4.78 is 40.3. The fraction of sp³-hybridized carbons (Fsp3) is 0.400. The van der Waals surface area contributed by atoms with Gasteiger partial charge in [-0.3, -0.25) is 14.5 Å². The molecular weight excluding hydrogens is 425 g/mol. The number of anilines is 1. The van der Waals surface area contributed by atoms with Gasteiger partial charge in [0.1, 0.15) is 0 Å². The average Bonchev–Trinajstić information content (AvgIpc) is 3.20. The van der Waals surface area contributed by atoms with Crippen LogP contribution in [0.25, 0.3) is 0 Å². The predicted octanol–water partition coefficient (Wildman–Crippen LogP) is 5.49. The van der Waals surface area contributed by atoms with Gasteiger partial charge in [0.05, 0.1) is 0 Å². The number of rotatable bonds is 5. The third kappa shape index (κ3) is 5.30. The molecule has 9 heteroatoms. The highest BCUT2D eigenvalue weighted by molar-refractivity contribution is 7.10. The molecule has 1 aliphatic carbocycles. The van der Waals surface area contributed by atoms with E-state index in [1.165, 1.54) is 24.3 Å². The largest absolute Gasteiger partial charge is 0.471 e. The number of carbonyl (C=O) groups excluding carboxylic acids is 2. The number of amides is 2. The number of nitrogens with zero attached hydrogens (tertiary/aromatic N) is 1. The summed E-state index contributed by atoms with van der Waals surface area (Å²) in [7, 11) is 0. The maximum atomic E-state index is 13.4. The van der Waals surface area contributed by atoms with Crippen LogP contribution >= 0.6 is 22.9 Å². The van der Waals surface area contributed by atoms with Crippen molar-refractivity contribution in [3.63, 3.8) is 0 Å². The highest BCUT2D eigenvalue weighted by Crippen LogP contribution is 2.35. The summed E-state index contributed by atoms with van der Waals surface area (Å²) in [6.45, 7) is 0. The fourth-order valence-electron chi connectivity index (χ4n) is 3.47. The van der Waals surface area contributed by atoms with Gasteiger partial charge in [0.15, 0.2) is 6.04 Å². The molecular formula is C20H20ClF3N2O2S. The highest BCUT2D eigenvalue weighted by atomic mass is 35.5. The van der Waals surface area contributed by atoms with Crippen LogP contribution in [0.4, 0.5) is 18.9 Å². The molecule has 2 aromatic rings. The van der Waals surface area contributed by atoms with Gasteiger partial charge in [0.25, 0.3) is 0 Å². The van der Waals surface area contributed by atoms with Crippen molar-refractivity contribution in [1.82, 2.24) is 5.32 Å². The lowest BCUT2D eigenvalue weighted by Gasteiger charge is -2.33. The molecule has 0 saturated heterocycles. The van der Waals surface area contributed by atoms with Crippen molar-refractivity contribution in [3.05, 3.63) is 51.7 Å². The predicted molar refractivity (Wildman–Crippen MR) is 107 cm³/mol. The molecule has 2 amide bonds. The third-order valence-corrected chi connectivity index (χ3v) is 6.01. The van der Waals surface area contributed by atoms with E-state index in [1.54, 1.807) is 17.5 Å². The number of nitrogens with one attached hydrogen (secondary N) is 1. The minimum atomic E-state index is -5.14. The van der Waals surface area contributed by atoms with Crippen LogP contribution in [-0.4, -0.2) is 24.0 Å². The van der Waals surface area contributed by atoms with E-state index in [0.717, 1.165) is 43.4 Å². The third-order valence-electron chi connectivity index (χ3n) is 4.84. The summed E-state index contributed by atoms with van der Waals surface area (Å²) >= 11 is 6.98. The summed E-state index contributed by atoms with van der Waals surface area (Å²) in [4.78, 5) is 26.4. The quantitative estimate of drug-likeness (QED) is 0.663. The summed E-state index contributed by atoms with van der Waals surface area (Å²) in [5.74, 6) is -2.72. The van der Waals surface area contributed by atoms with Gasteiger partial charge in [0.2, 0.25) is 5.91 Å². The van der Waals surface area contributed by atoms with E-state index in [-0.39, 0.29) is 11.7 Å². The molecule has 1 atom stereocenters. The molecule has 0 spiro atoms. The number of hydrogen-bond acceptors (Lipinski definition) is 3. The Bertz CT molecular complexity index is 834. The summed E-state index contributed by atoms with van der Waals surface area (Å²) in [5.41, 5.74) is -0.0473. The first-order valence-corrected chi connectivity index (χ1v) is 10.5. The normalized spacial score (nSPS) is 16.3. The molecule has 1 aromatic carbocycles. The van der Waals surface area contributed by atoms with Gasteiger partial charge in [-0.15, -0.1) is 11.3 Å². The van der Waals surface area contributed by atoms with E-state index in [4.69, 9.17) is 11.6 Å². The van der Waals surface area contributed by atoms with Gasteiger partial charge in [0, 0.05) is 21.6 Å². The summed E-state index contributed by atoms with van der Waals surface area (Å²) in [6, 6.07) is 7.05. The topological polar surface area (TPSA) is 49.4 Å². The first kappa shape index (κ1) is 21.6. The Labute approximate surface area is 175 Å². The molecule has 156 valence electrons. The first-order valence-electron chi connectivity index (χ1n) is 9.27. The van der Waals surface area contributed by atoms with Crippen LogP contribution in [0, 0.1) is 0 Å². The van der Waals surface area contributed by atoms with Gasteiger partial charge >= 0.3 is 12.1 Å². The lowest BCUT2D eigenvalue weighted by molar-refractivity contribution is -0.171. The number of carbonyl (C=O) groups is 2. The van der Waals surface area contributed by atoms with E-state index in [9.17, 15) is 22.8 Å². The van der Waals surface area contributed by atoms with Crippen LogP contribution in [0.5, 0.6) is 0 Å². The molecule has 0 radical (unpaired) electrons. The molecule has 29 heavy (non-hydrogen) atoms. The van der Waals surface area contributed by atoms with Crippen molar-refractivity contribution in [2.45, 2.75) is 50.4 Å². The van der Waals surface area contributed by atoms with Crippen molar-refractivity contribution < 1.29 is 22.8 Å². The van der Waals surface area contributed by atoms with Crippen molar-refractivity contribution >= 4 is 40.4 Å². The fourth-order valence-corrected chi connectivity index (χ4v) is 4.41. The Balaban J connectivity index is 2.01. The molecule has 0 unspecified atom stereocenters. The van der Waals surface area contributed by atoms with Crippen molar-refractivity contribution in [3.8, 4) is 0 Å². The first-order chi connectivity index (χ1) is 13.8. The van der Waals surface area contributed by atoms with Crippen LogP contribution in [0.15, 0.2) is 41.8 Å². The maximum absolute atomic E-state index is 13.4. The number of benzene rings is 1. The van der Waals surface area contributed by atoms with Crippen LogP contribution in [0.2, 0.25) is 5.02 Å². The Morgan fingerprint density at radius 1 is 1.10 bits per heavy atom. The number of thiophene rings is 1. The van der Waals surface area contributed by atoms with Crippen LogP contribution < -0.4 is 10.2 Å². The Hall–Kier alpha value is -2.06. The van der Waals surface area contributed by atoms with Gasteiger partial charge in [-0.1, -0.05) is 36.9 Å². The van der Waals surface area contributed by atoms with Crippen LogP contribution in [0.3, 0.4) is 0 Å². The van der Waals surface area contributed by atoms with Crippen molar-refractivity contribution in [2.24, 2.45) is 0 Å². The molecule has 1 aliphatic rings. The second-order valence-electron chi connectivity index (χ2n) is 6.91. The zero-order valence-electron chi connectivity index (χ0n) is 15.4. The van der Waals surface area contributed by atoms with E-state index in [1.807, 2.05) is 0 Å². The molecule has 1 heterocycles. The maximum Gasteiger partial charge on any atom is 0.471 e. The summed E-state index contributed by atoms with van der Waals surface area (Å²) in [6.07, 6.45) is -0.605. The molecule has 4 nitrogen and oxygen atoms in total. The summed E-state index contributed by atoms with van der Waals surface area (Å²) in [5, 5.41) is 4.83. The monoisotopic (exact) mass is 444 g/mol. The van der Waals surface area contributed by atoms with Crippen molar-refractivity contribution in [2.75, 3.05) is 4.90 Å². The van der Waals surface area contributed by atoms with Gasteiger partial charge < -0.3 is 5.32 Å². The lowest BCUT2D eigenvalue weighted by Crippen LogP contribution is -2.50. The minimum Gasteiger partial charge on any atom is -0.351 e. The zero-order chi connectivity index (χ0) is 21.0. The second-order valence-corrected chi connectivity index (χ2v) is 8.33. The Morgan fingerprint density at radius 3 is 2.31 bits per heavy atom. The Morgan fingerprint density at radius 2 is 1.76 bits per heavy atom. The van der Waals surface area contributed by atoms with E-state index >= 15 is 0 Å². The average molecular weight is 445 g/mol. The standard InChI is InChI=1S/C20H20ClF3N2O2S/c21-13-8-10-15(11-9-13)26(19(28)20(22,23)24)17(16-7-4-12-29-16)18(27)25-14-5-2-1-3-6-14/h4,7-12,14,17H,1-3,5-6H2,(H,25,27)/t17-/m0/s1. The minimum absolute atomic E-state index is 0.0473. The van der Waals surface area contributed by atoms with Crippen LogP contribution in [0.1, 0.15) is 43.0 Å². The molecule has 1 saturated carbocycles. The molecule has 3 rings (SSSR count). The molecule has 1 fully saturated rings. The van der Waals surface area contributed by atoms with Gasteiger partial charge in [-0.05, 0) is 48.6 Å². The Kier molecular flexibility index (Phi) is 6.85. The van der Waals surface area contributed by atoms with Gasteiger partial charge in [-0.2, -0.15) is 13.2 Å². The van der Waals surface area contributed by atoms with E-state index in [2.05, 4.69) is 5.32 Å². The number of halogens is 4. The highest BCUT2D eigenvalue weighted by Gasteiger charge is 2.47. The van der Waals surface area contributed by atoms with Gasteiger partial charge in [-0.25, -0.2) is 0 Å². The smallest absolute Gasteiger partial charge is 0.351 e. The molecule has 0 aliphatic heterocycles. The van der Waals surface area contributed by atoms with Crippen molar-refractivity contribution in [1.29, 1.82) is 0 Å². The lowest BCUT2D eigenvalue weighted by atomic mass is 9.95. The van der Waals surface area contributed by atoms with E-state index < -0.39 is 24.0 Å². The number of alkyl halides is 3. The second kappa shape index (κ2) is 9.17. The molecule has 1 N–H and O–H groups in total. The number of hydrogen-bond donors (Lipinski definition) is 1. The molecule has 1 aromatic heterocycles.